The molecule has 0 saturated carbocycles. The van der Waals surface area contributed by atoms with Crippen LogP contribution < -0.4 is 4.74 Å². The van der Waals surface area contributed by atoms with Crippen molar-refractivity contribution >= 4 is 17.4 Å². The van der Waals surface area contributed by atoms with Gasteiger partial charge in [0.05, 0.1) is 24.8 Å². The second-order valence-corrected chi connectivity index (χ2v) is 9.85. The highest BCUT2D eigenvalue weighted by Gasteiger charge is 2.46. The quantitative estimate of drug-likeness (QED) is 0.236. The number of aliphatic hydroxyl groups excluding tert-OH is 1. The number of aliphatic hydroxyl groups is 1. The van der Waals surface area contributed by atoms with Gasteiger partial charge in [0, 0.05) is 31.7 Å². The van der Waals surface area contributed by atoms with Crippen molar-refractivity contribution in [3.63, 3.8) is 0 Å². The molecule has 0 radical (unpaired) electrons. The van der Waals surface area contributed by atoms with Crippen LogP contribution in [0.25, 0.3) is 5.76 Å². The molecule has 7 nitrogen and oxygen atoms in total. The third kappa shape index (κ3) is 5.78. The SMILES string of the molecule is C=CCOc1ccc(/C(O)=C2\C(=O)C(=O)N(CCN3CCOCC3)C2c2ccc(C(C)C)cc2)cc1C. The lowest BCUT2D eigenvalue weighted by molar-refractivity contribution is -0.140. The van der Waals surface area contributed by atoms with Gasteiger partial charge in [0.25, 0.3) is 11.7 Å². The number of ether oxygens (including phenoxy) is 2. The topological polar surface area (TPSA) is 79.3 Å². The van der Waals surface area contributed by atoms with Crippen molar-refractivity contribution in [2.75, 3.05) is 46.0 Å². The van der Waals surface area contributed by atoms with E-state index in [1.54, 1.807) is 29.2 Å². The minimum atomic E-state index is -0.667. The number of hydrogen-bond acceptors (Lipinski definition) is 6. The molecule has 7 heteroatoms. The molecule has 1 unspecified atom stereocenters. The number of carbonyl (C=O) groups is 2. The maximum atomic E-state index is 13.4. The first-order chi connectivity index (χ1) is 17.8. The Kier molecular flexibility index (Phi) is 8.46. The fourth-order valence-corrected chi connectivity index (χ4v) is 4.86. The third-order valence-electron chi connectivity index (χ3n) is 7.02. The van der Waals surface area contributed by atoms with E-state index in [2.05, 4.69) is 25.3 Å². The average Bonchev–Trinajstić information content (AvgIpc) is 3.16. The zero-order valence-electron chi connectivity index (χ0n) is 21.9. The van der Waals surface area contributed by atoms with E-state index in [1.807, 2.05) is 31.2 Å². The normalized spacial score (nSPS) is 20.0. The summed E-state index contributed by atoms with van der Waals surface area (Å²) in [6.45, 7) is 14.1. The van der Waals surface area contributed by atoms with Crippen LogP contribution in [-0.2, 0) is 14.3 Å². The van der Waals surface area contributed by atoms with E-state index in [4.69, 9.17) is 9.47 Å². The van der Waals surface area contributed by atoms with E-state index < -0.39 is 17.7 Å². The van der Waals surface area contributed by atoms with Gasteiger partial charge in [-0.05, 0) is 47.7 Å². The number of hydrogen-bond donors (Lipinski definition) is 1. The standard InChI is InChI=1S/C30H36N2O5/c1-5-16-37-25-11-10-24(19-21(25)4)28(33)26-27(23-8-6-22(7-9-23)20(2)3)32(30(35)29(26)34)13-12-31-14-17-36-18-15-31/h5-11,19-20,27,33H,1,12-18H2,2-4H3/b28-26+. The largest absolute Gasteiger partial charge is 0.507 e. The van der Waals surface area contributed by atoms with Crippen LogP contribution in [-0.4, -0.2) is 72.6 Å². The second-order valence-electron chi connectivity index (χ2n) is 9.85. The first-order valence-corrected chi connectivity index (χ1v) is 12.8. The highest BCUT2D eigenvalue weighted by molar-refractivity contribution is 6.46. The van der Waals surface area contributed by atoms with Gasteiger partial charge in [-0.15, -0.1) is 0 Å². The van der Waals surface area contributed by atoms with E-state index >= 15 is 0 Å². The molecule has 2 aliphatic rings. The summed E-state index contributed by atoms with van der Waals surface area (Å²) in [5.41, 5.74) is 3.36. The maximum Gasteiger partial charge on any atom is 0.295 e. The van der Waals surface area contributed by atoms with Gasteiger partial charge in [0.15, 0.2) is 0 Å². The van der Waals surface area contributed by atoms with Gasteiger partial charge in [-0.25, -0.2) is 0 Å². The van der Waals surface area contributed by atoms with Crippen LogP contribution in [0.3, 0.4) is 0 Å². The Labute approximate surface area is 219 Å². The van der Waals surface area contributed by atoms with Gasteiger partial charge in [-0.1, -0.05) is 50.8 Å². The number of rotatable bonds is 9. The summed E-state index contributed by atoms with van der Waals surface area (Å²) in [6.07, 6.45) is 1.66. The minimum Gasteiger partial charge on any atom is -0.507 e. The number of ketones is 1. The number of morpholine rings is 1. The number of likely N-dealkylation sites (tertiary alicyclic amines) is 1. The van der Waals surface area contributed by atoms with Gasteiger partial charge in [0.1, 0.15) is 18.1 Å². The van der Waals surface area contributed by atoms with E-state index in [0.717, 1.165) is 24.2 Å². The van der Waals surface area contributed by atoms with Crippen molar-refractivity contribution in [2.45, 2.75) is 32.7 Å². The summed E-state index contributed by atoms with van der Waals surface area (Å²) in [6, 6.07) is 12.5. The molecule has 2 aromatic carbocycles. The number of Topliss-reactive ketones (excluding diaryl/α,β-unsaturated/α-hetero) is 1. The molecule has 1 amide bonds. The Morgan fingerprint density at radius 1 is 1.14 bits per heavy atom. The van der Waals surface area contributed by atoms with E-state index in [0.29, 0.717) is 50.1 Å². The van der Waals surface area contributed by atoms with Crippen LogP contribution in [0, 0.1) is 6.92 Å². The lowest BCUT2D eigenvalue weighted by atomic mass is 9.93. The summed E-state index contributed by atoms with van der Waals surface area (Å²) >= 11 is 0. The summed E-state index contributed by atoms with van der Waals surface area (Å²) in [4.78, 5) is 30.5. The number of aryl methyl sites for hydroxylation is 1. The summed E-state index contributed by atoms with van der Waals surface area (Å²) in [5, 5.41) is 11.4. The zero-order valence-corrected chi connectivity index (χ0v) is 21.9. The number of nitrogens with zero attached hydrogens (tertiary/aromatic N) is 2. The van der Waals surface area contributed by atoms with Gasteiger partial charge in [-0.2, -0.15) is 0 Å². The van der Waals surface area contributed by atoms with Crippen LogP contribution in [0.15, 0.2) is 60.7 Å². The van der Waals surface area contributed by atoms with Crippen LogP contribution in [0.4, 0.5) is 0 Å². The molecule has 0 spiro atoms. The monoisotopic (exact) mass is 504 g/mol. The zero-order chi connectivity index (χ0) is 26.5. The Morgan fingerprint density at radius 3 is 2.46 bits per heavy atom. The number of benzene rings is 2. The fraction of sp³-hybridized carbons (Fsp3) is 0.400. The van der Waals surface area contributed by atoms with Gasteiger partial charge in [0.2, 0.25) is 0 Å². The summed E-state index contributed by atoms with van der Waals surface area (Å²) in [7, 11) is 0. The summed E-state index contributed by atoms with van der Waals surface area (Å²) in [5.74, 6) is -0.407. The van der Waals surface area contributed by atoms with Crippen LogP contribution in [0.2, 0.25) is 0 Å². The van der Waals surface area contributed by atoms with Gasteiger partial charge in [-0.3, -0.25) is 14.5 Å². The molecular weight excluding hydrogens is 468 g/mol. The molecule has 2 saturated heterocycles. The molecule has 4 rings (SSSR count). The maximum absolute atomic E-state index is 13.4. The van der Waals surface area contributed by atoms with E-state index in [-0.39, 0.29) is 11.3 Å². The molecular formula is C30H36N2O5. The highest BCUT2D eigenvalue weighted by atomic mass is 16.5. The first-order valence-electron chi connectivity index (χ1n) is 12.8. The molecule has 196 valence electrons. The molecule has 2 fully saturated rings. The number of amides is 1. The Balaban J connectivity index is 1.73. The molecule has 2 heterocycles. The van der Waals surface area contributed by atoms with E-state index in [1.165, 1.54) is 5.56 Å². The molecule has 2 aliphatic heterocycles. The molecule has 1 N–H and O–H groups in total. The van der Waals surface area contributed by atoms with Crippen molar-refractivity contribution < 1.29 is 24.2 Å². The lowest BCUT2D eigenvalue weighted by Gasteiger charge is -2.31. The molecule has 0 bridgehead atoms. The van der Waals surface area contributed by atoms with E-state index in [9.17, 15) is 14.7 Å². The fourth-order valence-electron chi connectivity index (χ4n) is 4.86. The van der Waals surface area contributed by atoms with Crippen LogP contribution in [0.1, 0.15) is 48.1 Å². The van der Waals surface area contributed by atoms with Crippen molar-refractivity contribution in [3.05, 3.63) is 82.9 Å². The van der Waals surface area contributed by atoms with Crippen molar-refractivity contribution in [3.8, 4) is 5.75 Å². The molecule has 1 atom stereocenters. The number of carbonyl (C=O) groups excluding carboxylic acids is 2. The predicted molar refractivity (Wildman–Crippen MR) is 144 cm³/mol. The molecule has 0 aromatic heterocycles. The predicted octanol–water partition coefficient (Wildman–Crippen LogP) is 4.44. The summed E-state index contributed by atoms with van der Waals surface area (Å²) < 4.78 is 11.1. The van der Waals surface area contributed by atoms with Crippen LogP contribution >= 0.6 is 0 Å². The van der Waals surface area contributed by atoms with Crippen LogP contribution in [0.5, 0.6) is 5.75 Å². The Morgan fingerprint density at radius 2 is 1.84 bits per heavy atom. The van der Waals surface area contributed by atoms with Gasteiger partial charge >= 0.3 is 0 Å². The van der Waals surface area contributed by atoms with Crippen molar-refractivity contribution in [2.24, 2.45) is 0 Å². The average molecular weight is 505 g/mol. The van der Waals surface area contributed by atoms with Crippen molar-refractivity contribution in [1.82, 2.24) is 9.80 Å². The Hall–Kier alpha value is -3.42. The van der Waals surface area contributed by atoms with Gasteiger partial charge < -0.3 is 19.5 Å². The third-order valence-corrected chi connectivity index (χ3v) is 7.02. The van der Waals surface area contributed by atoms with Crippen molar-refractivity contribution in [1.29, 1.82) is 0 Å². The molecule has 37 heavy (non-hydrogen) atoms. The highest BCUT2D eigenvalue weighted by Crippen LogP contribution is 2.40. The molecule has 2 aromatic rings. The second kappa shape index (κ2) is 11.8. The Bertz CT molecular complexity index is 1180. The molecule has 0 aliphatic carbocycles. The lowest BCUT2D eigenvalue weighted by Crippen LogP contribution is -2.42. The minimum absolute atomic E-state index is 0.114. The first kappa shape index (κ1) is 26.6. The smallest absolute Gasteiger partial charge is 0.295 e.